The van der Waals surface area contributed by atoms with E-state index >= 15 is 0 Å². The molecule has 1 aromatic heterocycles. The van der Waals surface area contributed by atoms with Crippen molar-refractivity contribution in [3.05, 3.63) is 55.9 Å². The van der Waals surface area contributed by atoms with E-state index in [0.717, 1.165) is 15.8 Å². The monoisotopic (exact) mass is 327 g/mol. The molecule has 18 heavy (non-hydrogen) atoms. The minimum absolute atomic E-state index is 0.146. The zero-order valence-corrected chi connectivity index (χ0v) is 12.7. The summed E-state index contributed by atoms with van der Waals surface area (Å²) >= 11 is 5.21. The molecule has 0 spiro atoms. The van der Waals surface area contributed by atoms with E-state index in [1.807, 2.05) is 19.2 Å². The summed E-state index contributed by atoms with van der Waals surface area (Å²) in [6.07, 6.45) is 0.915. The Morgan fingerprint density at radius 2 is 2.11 bits per heavy atom. The average molecular weight is 328 g/mol. The average Bonchev–Trinajstić information content (AvgIpc) is 2.75. The van der Waals surface area contributed by atoms with E-state index in [0.29, 0.717) is 5.56 Å². The molecule has 0 bridgehead atoms. The molecule has 0 aliphatic rings. The topological polar surface area (TPSA) is 12.0 Å². The van der Waals surface area contributed by atoms with Crippen LogP contribution < -0.4 is 5.32 Å². The van der Waals surface area contributed by atoms with Crippen molar-refractivity contribution in [1.29, 1.82) is 0 Å². The quantitative estimate of drug-likeness (QED) is 0.874. The van der Waals surface area contributed by atoms with Gasteiger partial charge in [-0.05, 0) is 59.2 Å². The summed E-state index contributed by atoms with van der Waals surface area (Å²) in [5.74, 6) is -0.146. The highest BCUT2D eigenvalue weighted by Gasteiger charge is 2.12. The Morgan fingerprint density at radius 1 is 1.33 bits per heavy atom. The number of aryl methyl sites for hydroxylation is 1. The van der Waals surface area contributed by atoms with E-state index < -0.39 is 0 Å². The SMILES string of the molecule is CNC(Cc1ccc(Br)s1)c1ccc(F)c(C)c1. The van der Waals surface area contributed by atoms with Crippen LogP contribution in [0.3, 0.4) is 0 Å². The van der Waals surface area contributed by atoms with E-state index in [1.165, 1.54) is 4.88 Å². The van der Waals surface area contributed by atoms with Crippen LogP contribution in [-0.4, -0.2) is 7.05 Å². The van der Waals surface area contributed by atoms with E-state index in [1.54, 1.807) is 24.3 Å². The highest BCUT2D eigenvalue weighted by Crippen LogP contribution is 2.27. The largest absolute Gasteiger partial charge is 0.313 e. The molecule has 96 valence electrons. The van der Waals surface area contributed by atoms with Crippen LogP contribution in [0.1, 0.15) is 22.0 Å². The molecule has 0 saturated carbocycles. The molecule has 1 heterocycles. The lowest BCUT2D eigenvalue weighted by atomic mass is 10.0. The van der Waals surface area contributed by atoms with Gasteiger partial charge >= 0.3 is 0 Å². The summed E-state index contributed by atoms with van der Waals surface area (Å²) in [6, 6.07) is 9.71. The van der Waals surface area contributed by atoms with Gasteiger partial charge in [0.25, 0.3) is 0 Å². The molecule has 1 aromatic carbocycles. The molecule has 0 aliphatic carbocycles. The van der Waals surface area contributed by atoms with Crippen LogP contribution >= 0.6 is 27.3 Å². The number of likely N-dealkylation sites (N-methyl/N-ethyl adjacent to an activating group) is 1. The minimum atomic E-state index is -0.146. The van der Waals surface area contributed by atoms with Crippen molar-refractivity contribution < 1.29 is 4.39 Å². The van der Waals surface area contributed by atoms with Crippen LogP contribution in [0, 0.1) is 12.7 Å². The third-order valence-electron chi connectivity index (χ3n) is 2.97. The van der Waals surface area contributed by atoms with E-state index in [9.17, 15) is 4.39 Å². The molecule has 0 radical (unpaired) electrons. The van der Waals surface area contributed by atoms with Crippen molar-refractivity contribution in [3.63, 3.8) is 0 Å². The molecule has 1 N–H and O–H groups in total. The molecule has 1 atom stereocenters. The molecule has 4 heteroatoms. The molecule has 0 fully saturated rings. The molecule has 2 rings (SSSR count). The Kier molecular flexibility index (Phi) is 4.54. The predicted octanol–water partition coefficient (Wildman–Crippen LogP) is 4.46. The van der Waals surface area contributed by atoms with Crippen molar-refractivity contribution in [2.45, 2.75) is 19.4 Å². The van der Waals surface area contributed by atoms with Crippen molar-refractivity contribution in [2.75, 3.05) is 7.05 Å². The Hall–Kier alpha value is -0.710. The maximum Gasteiger partial charge on any atom is 0.126 e. The highest BCUT2D eigenvalue weighted by atomic mass is 79.9. The van der Waals surface area contributed by atoms with Crippen molar-refractivity contribution >= 4 is 27.3 Å². The van der Waals surface area contributed by atoms with Gasteiger partial charge < -0.3 is 5.32 Å². The second-order valence-corrected chi connectivity index (χ2v) is 6.81. The molecule has 2 aromatic rings. The van der Waals surface area contributed by atoms with Gasteiger partial charge in [0.2, 0.25) is 0 Å². The fourth-order valence-corrected chi connectivity index (χ4v) is 3.46. The Labute approximate surface area is 119 Å². The third-order valence-corrected chi connectivity index (χ3v) is 4.61. The highest BCUT2D eigenvalue weighted by molar-refractivity contribution is 9.11. The van der Waals surface area contributed by atoms with Crippen LogP contribution in [0.15, 0.2) is 34.1 Å². The number of halogens is 2. The second kappa shape index (κ2) is 5.95. The van der Waals surface area contributed by atoms with E-state index in [4.69, 9.17) is 0 Å². The smallest absolute Gasteiger partial charge is 0.126 e. The summed E-state index contributed by atoms with van der Waals surface area (Å²) in [6.45, 7) is 1.80. The summed E-state index contributed by atoms with van der Waals surface area (Å²) in [7, 11) is 1.94. The maximum atomic E-state index is 13.3. The van der Waals surface area contributed by atoms with E-state index in [-0.39, 0.29) is 11.9 Å². The number of rotatable bonds is 4. The molecule has 0 saturated heterocycles. The van der Waals surface area contributed by atoms with Gasteiger partial charge in [-0.25, -0.2) is 4.39 Å². The first kappa shape index (κ1) is 13.7. The van der Waals surface area contributed by atoms with Gasteiger partial charge in [-0.2, -0.15) is 0 Å². The zero-order chi connectivity index (χ0) is 13.1. The Morgan fingerprint density at radius 3 is 2.67 bits per heavy atom. The van der Waals surface area contributed by atoms with Crippen LogP contribution in [0.25, 0.3) is 0 Å². The minimum Gasteiger partial charge on any atom is -0.313 e. The molecular weight excluding hydrogens is 313 g/mol. The van der Waals surface area contributed by atoms with Gasteiger partial charge in [0.15, 0.2) is 0 Å². The van der Waals surface area contributed by atoms with Gasteiger partial charge in [0, 0.05) is 17.3 Å². The standard InChI is InChI=1S/C14H15BrFNS/c1-9-7-10(3-5-12(9)16)13(17-2)8-11-4-6-14(15)18-11/h3-7,13,17H,8H2,1-2H3. The first-order valence-corrected chi connectivity index (χ1v) is 7.38. The molecule has 1 nitrogen and oxygen atoms in total. The summed E-state index contributed by atoms with van der Waals surface area (Å²) < 4.78 is 14.4. The number of nitrogens with one attached hydrogen (secondary N) is 1. The molecule has 0 amide bonds. The maximum absolute atomic E-state index is 13.3. The van der Waals surface area contributed by atoms with Crippen molar-refractivity contribution in [2.24, 2.45) is 0 Å². The van der Waals surface area contributed by atoms with Crippen molar-refractivity contribution in [3.8, 4) is 0 Å². The van der Waals surface area contributed by atoms with Crippen LogP contribution in [0.2, 0.25) is 0 Å². The number of benzene rings is 1. The van der Waals surface area contributed by atoms with Gasteiger partial charge in [-0.3, -0.25) is 0 Å². The third kappa shape index (κ3) is 3.19. The van der Waals surface area contributed by atoms with Gasteiger partial charge in [0.1, 0.15) is 5.82 Å². The lowest BCUT2D eigenvalue weighted by molar-refractivity contribution is 0.586. The van der Waals surface area contributed by atoms with Gasteiger partial charge in [-0.15, -0.1) is 11.3 Å². The number of hydrogen-bond donors (Lipinski definition) is 1. The fourth-order valence-electron chi connectivity index (χ4n) is 1.93. The fraction of sp³-hybridized carbons (Fsp3) is 0.286. The normalized spacial score (nSPS) is 12.7. The number of hydrogen-bond acceptors (Lipinski definition) is 2. The van der Waals surface area contributed by atoms with Crippen LogP contribution in [-0.2, 0) is 6.42 Å². The second-order valence-electron chi connectivity index (χ2n) is 4.26. The van der Waals surface area contributed by atoms with E-state index in [2.05, 4.69) is 33.4 Å². The Balaban J connectivity index is 2.19. The zero-order valence-electron chi connectivity index (χ0n) is 10.3. The Bertz CT molecular complexity index is 538. The summed E-state index contributed by atoms with van der Waals surface area (Å²) in [5.41, 5.74) is 1.82. The predicted molar refractivity (Wildman–Crippen MR) is 78.7 cm³/mol. The first-order chi connectivity index (χ1) is 8.60. The van der Waals surface area contributed by atoms with Crippen LogP contribution in [0.5, 0.6) is 0 Å². The molecule has 1 unspecified atom stereocenters. The van der Waals surface area contributed by atoms with Crippen molar-refractivity contribution in [1.82, 2.24) is 5.32 Å². The summed E-state index contributed by atoms with van der Waals surface area (Å²) in [4.78, 5) is 1.31. The molecular formula is C14H15BrFNS. The first-order valence-electron chi connectivity index (χ1n) is 5.77. The van der Waals surface area contributed by atoms with Crippen LogP contribution in [0.4, 0.5) is 4.39 Å². The van der Waals surface area contributed by atoms with Gasteiger partial charge in [-0.1, -0.05) is 12.1 Å². The lowest BCUT2D eigenvalue weighted by Gasteiger charge is -2.16. The lowest BCUT2D eigenvalue weighted by Crippen LogP contribution is -2.18. The molecule has 0 aliphatic heterocycles. The van der Waals surface area contributed by atoms with Gasteiger partial charge in [0.05, 0.1) is 3.79 Å². The number of thiophene rings is 1. The summed E-state index contributed by atoms with van der Waals surface area (Å²) in [5, 5.41) is 3.29.